The first-order valence-electron chi connectivity index (χ1n) is 7.76. The number of amides is 1. The number of benzene rings is 2. The van der Waals surface area contributed by atoms with Crippen LogP contribution in [0.25, 0.3) is 0 Å². The van der Waals surface area contributed by atoms with Gasteiger partial charge in [0.2, 0.25) is 0 Å². The second-order valence-corrected chi connectivity index (χ2v) is 5.99. The lowest BCUT2D eigenvalue weighted by atomic mass is 10.0. The van der Waals surface area contributed by atoms with Crippen molar-refractivity contribution in [1.82, 2.24) is 5.32 Å². The van der Waals surface area contributed by atoms with Crippen molar-refractivity contribution >= 4 is 23.2 Å². The maximum atomic E-state index is 12.5. The molecule has 6 nitrogen and oxygen atoms in total. The Bertz CT molecular complexity index is 808. The molecule has 0 saturated carbocycles. The fraction of sp³-hybridized carbons (Fsp3) is 0.278. The number of nitrogens with zero attached hydrogens (tertiary/aromatic N) is 1. The summed E-state index contributed by atoms with van der Waals surface area (Å²) in [7, 11) is 1.61. The van der Waals surface area contributed by atoms with Crippen molar-refractivity contribution < 1.29 is 14.5 Å². The number of methoxy groups -OCH3 is 1. The van der Waals surface area contributed by atoms with Crippen LogP contribution in [0, 0.1) is 17.0 Å². The second kappa shape index (κ2) is 7.98. The standard InChI is InChI=1S/C18H19ClN2O4/c1-4-16(12-5-8-17(25-3)11(2)9-12)20-18(22)14-7-6-13(21(23)24)10-15(14)19/h5-10,16H,4H2,1-3H3,(H,20,22)/t16-/m0/s1. The molecule has 2 rings (SSSR count). The average Bonchev–Trinajstić information content (AvgIpc) is 2.59. The number of rotatable bonds is 6. The van der Waals surface area contributed by atoms with E-state index in [1.54, 1.807) is 7.11 Å². The van der Waals surface area contributed by atoms with Crippen molar-refractivity contribution in [2.45, 2.75) is 26.3 Å². The van der Waals surface area contributed by atoms with E-state index in [1.807, 2.05) is 32.0 Å². The zero-order valence-electron chi connectivity index (χ0n) is 14.2. The van der Waals surface area contributed by atoms with E-state index in [2.05, 4.69) is 5.32 Å². The monoisotopic (exact) mass is 362 g/mol. The van der Waals surface area contributed by atoms with E-state index in [0.717, 1.165) is 16.9 Å². The molecule has 132 valence electrons. The van der Waals surface area contributed by atoms with Gasteiger partial charge in [0.15, 0.2) is 0 Å². The fourth-order valence-corrected chi connectivity index (χ4v) is 2.84. The molecule has 0 unspecified atom stereocenters. The summed E-state index contributed by atoms with van der Waals surface area (Å²) in [4.78, 5) is 22.7. The molecule has 0 aliphatic heterocycles. The number of ether oxygens (including phenoxy) is 1. The molecule has 0 radical (unpaired) electrons. The summed E-state index contributed by atoms with van der Waals surface area (Å²) >= 11 is 6.02. The molecule has 0 saturated heterocycles. The van der Waals surface area contributed by atoms with Gasteiger partial charge in [-0.1, -0.05) is 30.7 Å². The topological polar surface area (TPSA) is 81.5 Å². The van der Waals surface area contributed by atoms with E-state index < -0.39 is 4.92 Å². The van der Waals surface area contributed by atoms with E-state index in [-0.39, 0.29) is 28.2 Å². The quantitative estimate of drug-likeness (QED) is 0.608. The van der Waals surface area contributed by atoms with Gasteiger partial charge in [-0.05, 0) is 36.6 Å². The van der Waals surface area contributed by atoms with Crippen molar-refractivity contribution in [2.75, 3.05) is 7.11 Å². The number of halogens is 1. The zero-order valence-corrected chi connectivity index (χ0v) is 15.0. The Morgan fingerprint density at radius 2 is 2.04 bits per heavy atom. The van der Waals surface area contributed by atoms with Gasteiger partial charge in [-0.2, -0.15) is 0 Å². The summed E-state index contributed by atoms with van der Waals surface area (Å²) in [5, 5.41) is 13.7. The highest BCUT2D eigenvalue weighted by Crippen LogP contribution is 2.26. The molecule has 25 heavy (non-hydrogen) atoms. The first-order chi connectivity index (χ1) is 11.9. The molecule has 1 atom stereocenters. The van der Waals surface area contributed by atoms with Gasteiger partial charge in [-0.25, -0.2) is 0 Å². The second-order valence-electron chi connectivity index (χ2n) is 5.58. The van der Waals surface area contributed by atoms with Crippen molar-refractivity contribution in [1.29, 1.82) is 0 Å². The van der Waals surface area contributed by atoms with Crippen molar-refractivity contribution in [2.24, 2.45) is 0 Å². The van der Waals surface area contributed by atoms with E-state index in [0.29, 0.717) is 6.42 Å². The molecule has 0 bridgehead atoms. The first kappa shape index (κ1) is 18.7. The summed E-state index contributed by atoms with van der Waals surface area (Å²) in [6.45, 7) is 3.89. The highest BCUT2D eigenvalue weighted by Gasteiger charge is 2.19. The van der Waals surface area contributed by atoms with Crippen LogP contribution in [0.5, 0.6) is 5.75 Å². The maximum absolute atomic E-state index is 12.5. The minimum atomic E-state index is -0.553. The van der Waals surface area contributed by atoms with Crippen LogP contribution in [0.2, 0.25) is 5.02 Å². The molecule has 0 aliphatic carbocycles. The highest BCUT2D eigenvalue weighted by atomic mass is 35.5. The van der Waals surface area contributed by atoms with Gasteiger partial charge >= 0.3 is 0 Å². The number of nitro benzene ring substituents is 1. The molecule has 2 aromatic rings. The first-order valence-corrected chi connectivity index (χ1v) is 8.14. The number of carbonyl (C=O) groups is 1. The lowest BCUT2D eigenvalue weighted by Gasteiger charge is -2.19. The lowest BCUT2D eigenvalue weighted by Crippen LogP contribution is -2.28. The maximum Gasteiger partial charge on any atom is 0.270 e. The summed E-state index contributed by atoms with van der Waals surface area (Å²) < 4.78 is 5.25. The highest BCUT2D eigenvalue weighted by molar-refractivity contribution is 6.34. The van der Waals surface area contributed by atoms with Crippen LogP contribution in [-0.4, -0.2) is 17.9 Å². The van der Waals surface area contributed by atoms with Crippen molar-refractivity contribution in [3.8, 4) is 5.75 Å². The Morgan fingerprint density at radius 1 is 1.32 bits per heavy atom. The lowest BCUT2D eigenvalue weighted by molar-refractivity contribution is -0.384. The van der Waals surface area contributed by atoms with Crippen molar-refractivity contribution in [3.63, 3.8) is 0 Å². The fourth-order valence-electron chi connectivity index (χ4n) is 2.58. The molecule has 1 N–H and O–H groups in total. The molecular formula is C18H19ClN2O4. The van der Waals surface area contributed by atoms with E-state index in [4.69, 9.17) is 16.3 Å². The predicted molar refractivity (Wildman–Crippen MR) is 96.3 cm³/mol. The Labute approximate surface area is 150 Å². The van der Waals surface area contributed by atoms with Gasteiger partial charge in [-0.15, -0.1) is 0 Å². The van der Waals surface area contributed by atoms with Crippen LogP contribution in [-0.2, 0) is 0 Å². The van der Waals surface area contributed by atoms with E-state index >= 15 is 0 Å². The molecule has 2 aromatic carbocycles. The van der Waals surface area contributed by atoms with Gasteiger partial charge in [0.25, 0.3) is 11.6 Å². The average molecular weight is 363 g/mol. The molecule has 1 amide bonds. The van der Waals surface area contributed by atoms with Crippen LogP contribution in [0.3, 0.4) is 0 Å². The Morgan fingerprint density at radius 3 is 2.56 bits per heavy atom. The SMILES string of the molecule is CC[C@H](NC(=O)c1ccc([N+](=O)[O-])cc1Cl)c1ccc(OC)c(C)c1. The van der Waals surface area contributed by atoms with Crippen LogP contribution < -0.4 is 10.1 Å². The van der Waals surface area contributed by atoms with Crippen LogP contribution >= 0.6 is 11.6 Å². The minimum Gasteiger partial charge on any atom is -0.496 e. The van der Waals surface area contributed by atoms with E-state index in [1.165, 1.54) is 18.2 Å². The van der Waals surface area contributed by atoms with Gasteiger partial charge in [0.1, 0.15) is 5.75 Å². The number of nitro groups is 1. The zero-order chi connectivity index (χ0) is 18.6. The summed E-state index contributed by atoms with van der Waals surface area (Å²) in [5.74, 6) is 0.406. The van der Waals surface area contributed by atoms with Crippen LogP contribution in [0.1, 0.15) is 40.9 Å². The number of nitrogens with one attached hydrogen (secondary N) is 1. The van der Waals surface area contributed by atoms with Crippen molar-refractivity contribution in [3.05, 3.63) is 68.2 Å². The molecule has 0 aliphatic rings. The van der Waals surface area contributed by atoms with Gasteiger partial charge in [-0.3, -0.25) is 14.9 Å². The van der Waals surface area contributed by atoms with Gasteiger partial charge in [0.05, 0.1) is 28.7 Å². The Kier molecular flexibility index (Phi) is 5.98. The van der Waals surface area contributed by atoms with Gasteiger partial charge in [0, 0.05) is 12.1 Å². The summed E-state index contributed by atoms with van der Waals surface area (Å²) in [6.07, 6.45) is 0.683. The van der Waals surface area contributed by atoms with Crippen LogP contribution in [0.4, 0.5) is 5.69 Å². The van der Waals surface area contributed by atoms with E-state index in [9.17, 15) is 14.9 Å². The molecule has 0 heterocycles. The third-order valence-corrected chi connectivity index (χ3v) is 4.26. The minimum absolute atomic E-state index is 0.0486. The normalized spacial score (nSPS) is 11.7. The number of carbonyl (C=O) groups excluding carboxylic acids is 1. The number of non-ortho nitro benzene ring substituents is 1. The molecular weight excluding hydrogens is 344 g/mol. The summed E-state index contributed by atoms with van der Waals surface area (Å²) in [6, 6.07) is 9.32. The number of hydrogen-bond donors (Lipinski definition) is 1. The molecule has 0 fully saturated rings. The largest absolute Gasteiger partial charge is 0.496 e. The molecule has 7 heteroatoms. The Hall–Kier alpha value is -2.60. The predicted octanol–water partition coefficient (Wildman–Crippen LogP) is 4.45. The number of aryl methyl sites for hydroxylation is 1. The molecule has 0 aromatic heterocycles. The summed E-state index contributed by atoms with van der Waals surface area (Å²) in [5.41, 5.74) is 1.98. The number of hydrogen-bond acceptors (Lipinski definition) is 4. The smallest absolute Gasteiger partial charge is 0.270 e. The molecule has 0 spiro atoms. The third kappa shape index (κ3) is 4.28. The third-order valence-electron chi connectivity index (χ3n) is 3.94. The van der Waals surface area contributed by atoms with Crippen LogP contribution in [0.15, 0.2) is 36.4 Å². The Balaban J connectivity index is 2.22. The van der Waals surface area contributed by atoms with Gasteiger partial charge < -0.3 is 10.1 Å².